The van der Waals surface area contributed by atoms with Crippen LogP contribution in [0.15, 0.2) is 12.4 Å². The minimum Gasteiger partial charge on any atom is -0.346 e. The lowest BCUT2D eigenvalue weighted by Gasteiger charge is -2.29. The Bertz CT molecular complexity index is 630. The fraction of sp³-hybridized carbons (Fsp3) is 0.417. The van der Waals surface area contributed by atoms with E-state index in [-0.39, 0.29) is 0 Å². The highest BCUT2D eigenvalue weighted by Crippen LogP contribution is 2.25. The second-order valence-electron chi connectivity index (χ2n) is 4.48. The first-order chi connectivity index (χ1) is 8.70. The standard InChI is InChI=1S/C12H14N6/c1-9-10(7-13)12(16(2)15-9)18-6-5-17-4-3-14-11(17)8-18/h3-4H,5-6,8H2,1-2H3. The Morgan fingerprint density at radius 3 is 3.00 bits per heavy atom. The SMILES string of the molecule is Cc1nn(C)c(N2CCn3ccnc3C2)c1C#N. The van der Waals surface area contributed by atoms with E-state index in [1.54, 1.807) is 4.68 Å². The summed E-state index contributed by atoms with van der Waals surface area (Å²) in [6.07, 6.45) is 3.81. The Hall–Kier alpha value is -2.29. The van der Waals surface area contributed by atoms with E-state index in [1.807, 2.05) is 26.4 Å². The van der Waals surface area contributed by atoms with Crippen LogP contribution in [0.2, 0.25) is 0 Å². The first-order valence-electron chi connectivity index (χ1n) is 5.89. The number of hydrogen-bond donors (Lipinski definition) is 0. The summed E-state index contributed by atoms with van der Waals surface area (Å²) < 4.78 is 3.93. The lowest BCUT2D eigenvalue weighted by molar-refractivity contribution is 0.545. The molecule has 0 N–H and O–H groups in total. The molecule has 0 spiro atoms. The molecule has 3 rings (SSSR count). The molecule has 18 heavy (non-hydrogen) atoms. The number of imidazole rings is 1. The van der Waals surface area contributed by atoms with Crippen molar-refractivity contribution in [2.24, 2.45) is 7.05 Å². The molecular weight excluding hydrogens is 228 g/mol. The van der Waals surface area contributed by atoms with Gasteiger partial charge in [0.25, 0.3) is 0 Å². The predicted molar refractivity (Wildman–Crippen MR) is 65.9 cm³/mol. The van der Waals surface area contributed by atoms with Gasteiger partial charge in [0.05, 0.1) is 12.2 Å². The van der Waals surface area contributed by atoms with E-state index >= 15 is 0 Å². The van der Waals surface area contributed by atoms with Crippen LogP contribution in [0.25, 0.3) is 0 Å². The molecule has 0 aromatic carbocycles. The highest BCUT2D eigenvalue weighted by Gasteiger charge is 2.23. The normalized spacial score (nSPS) is 14.4. The molecule has 0 amide bonds. The Morgan fingerprint density at radius 1 is 1.39 bits per heavy atom. The van der Waals surface area contributed by atoms with Crippen molar-refractivity contribution in [2.75, 3.05) is 11.4 Å². The quantitative estimate of drug-likeness (QED) is 0.742. The molecule has 92 valence electrons. The average Bonchev–Trinajstić information content (AvgIpc) is 2.91. The second-order valence-corrected chi connectivity index (χ2v) is 4.48. The van der Waals surface area contributed by atoms with Gasteiger partial charge in [-0.1, -0.05) is 0 Å². The molecule has 0 aliphatic carbocycles. The smallest absolute Gasteiger partial charge is 0.145 e. The van der Waals surface area contributed by atoms with Crippen molar-refractivity contribution in [3.05, 3.63) is 29.5 Å². The Morgan fingerprint density at radius 2 is 2.22 bits per heavy atom. The van der Waals surface area contributed by atoms with E-state index < -0.39 is 0 Å². The van der Waals surface area contributed by atoms with Crippen molar-refractivity contribution in [1.82, 2.24) is 19.3 Å². The summed E-state index contributed by atoms with van der Waals surface area (Å²) in [6.45, 7) is 4.36. The lowest BCUT2D eigenvalue weighted by Crippen LogP contribution is -2.35. The van der Waals surface area contributed by atoms with Crippen LogP contribution in [-0.2, 0) is 20.1 Å². The van der Waals surface area contributed by atoms with Crippen LogP contribution < -0.4 is 4.90 Å². The molecule has 0 radical (unpaired) electrons. The van der Waals surface area contributed by atoms with Crippen LogP contribution in [0.3, 0.4) is 0 Å². The highest BCUT2D eigenvalue weighted by atomic mass is 15.4. The van der Waals surface area contributed by atoms with Crippen LogP contribution in [-0.4, -0.2) is 25.9 Å². The maximum Gasteiger partial charge on any atom is 0.145 e. The van der Waals surface area contributed by atoms with Gasteiger partial charge in [0.15, 0.2) is 0 Å². The molecule has 0 fully saturated rings. The van der Waals surface area contributed by atoms with Gasteiger partial charge < -0.3 is 9.47 Å². The van der Waals surface area contributed by atoms with Gasteiger partial charge in [0, 0.05) is 32.5 Å². The fourth-order valence-corrected chi connectivity index (χ4v) is 2.49. The van der Waals surface area contributed by atoms with E-state index in [4.69, 9.17) is 0 Å². The van der Waals surface area contributed by atoms with Gasteiger partial charge in [-0.25, -0.2) is 4.98 Å². The molecule has 0 saturated heterocycles. The monoisotopic (exact) mass is 242 g/mol. The number of nitriles is 1. The number of rotatable bonds is 1. The van der Waals surface area contributed by atoms with E-state index in [0.717, 1.165) is 37.0 Å². The zero-order valence-electron chi connectivity index (χ0n) is 10.5. The van der Waals surface area contributed by atoms with Crippen molar-refractivity contribution in [1.29, 1.82) is 5.26 Å². The summed E-state index contributed by atoms with van der Waals surface area (Å²) in [5.41, 5.74) is 1.45. The van der Waals surface area contributed by atoms with Gasteiger partial charge >= 0.3 is 0 Å². The number of nitrogens with zero attached hydrogens (tertiary/aromatic N) is 6. The van der Waals surface area contributed by atoms with Gasteiger partial charge in [0.2, 0.25) is 0 Å². The molecule has 0 bridgehead atoms. The van der Waals surface area contributed by atoms with Crippen molar-refractivity contribution in [3.63, 3.8) is 0 Å². The molecule has 2 aromatic heterocycles. The van der Waals surface area contributed by atoms with Crippen LogP contribution in [0, 0.1) is 18.3 Å². The summed E-state index contributed by atoms with van der Waals surface area (Å²) in [5, 5.41) is 13.6. The van der Waals surface area contributed by atoms with E-state index in [2.05, 4.69) is 25.6 Å². The van der Waals surface area contributed by atoms with Gasteiger partial charge in [0.1, 0.15) is 23.3 Å². The number of fused-ring (bicyclic) bond motifs is 1. The Kier molecular flexibility index (Phi) is 2.33. The Balaban J connectivity index is 2.01. The first-order valence-corrected chi connectivity index (χ1v) is 5.89. The third kappa shape index (κ3) is 1.48. The molecule has 0 unspecified atom stereocenters. The Labute approximate surface area is 105 Å². The minimum atomic E-state index is 0.664. The minimum absolute atomic E-state index is 0.664. The van der Waals surface area contributed by atoms with E-state index in [0.29, 0.717) is 5.56 Å². The molecule has 0 atom stereocenters. The van der Waals surface area contributed by atoms with Crippen molar-refractivity contribution < 1.29 is 0 Å². The molecular formula is C12H14N6. The maximum absolute atomic E-state index is 9.25. The first kappa shape index (κ1) is 10.8. The largest absolute Gasteiger partial charge is 0.346 e. The van der Waals surface area contributed by atoms with Crippen molar-refractivity contribution in [2.45, 2.75) is 20.0 Å². The predicted octanol–water partition coefficient (Wildman–Crippen LogP) is 0.817. The third-order valence-corrected chi connectivity index (χ3v) is 3.35. The van der Waals surface area contributed by atoms with Crippen LogP contribution in [0.1, 0.15) is 17.1 Å². The van der Waals surface area contributed by atoms with Gasteiger partial charge in [-0.2, -0.15) is 10.4 Å². The van der Waals surface area contributed by atoms with Gasteiger partial charge in [-0.15, -0.1) is 0 Å². The number of hydrogen-bond acceptors (Lipinski definition) is 4. The summed E-state index contributed by atoms with van der Waals surface area (Å²) >= 11 is 0. The second kappa shape index (κ2) is 3.88. The summed E-state index contributed by atoms with van der Waals surface area (Å²) in [7, 11) is 1.88. The zero-order valence-corrected chi connectivity index (χ0v) is 10.5. The van der Waals surface area contributed by atoms with Crippen LogP contribution in [0.5, 0.6) is 0 Å². The van der Waals surface area contributed by atoms with Crippen LogP contribution in [0.4, 0.5) is 5.82 Å². The van der Waals surface area contributed by atoms with E-state index in [1.165, 1.54) is 0 Å². The van der Waals surface area contributed by atoms with Crippen molar-refractivity contribution >= 4 is 5.82 Å². The lowest BCUT2D eigenvalue weighted by atomic mass is 10.2. The highest BCUT2D eigenvalue weighted by molar-refractivity contribution is 5.57. The fourth-order valence-electron chi connectivity index (χ4n) is 2.49. The molecule has 6 nitrogen and oxygen atoms in total. The average molecular weight is 242 g/mol. The molecule has 1 aliphatic heterocycles. The molecule has 1 aliphatic rings. The summed E-state index contributed by atoms with van der Waals surface area (Å²) in [5.74, 6) is 1.92. The topological polar surface area (TPSA) is 62.7 Å². The summed E-state index contributed by atoms with van der Waals surface area (Å²) in [6, 6.07) is 2.25. The zero-order chi connectivity index (χ0) is 12.7. The molecule has 3 heterocycles. The van der Waals surface area contributed by atoms with Gasteiger partial charge in [-0.05, 0) is 6.92 Å². The van der Waals surface area contributed by atoms with E-state index in [9.17, 15) is 5.26 Å². The van der Waals surface area contributed by atoms with Crippen molar-refractivity contribution in [3.8, 4) is 6.07 Å². The molecule has 6 heteroatoms. The third-order valence-electron chi connectivity index (χ3n) is 3.35. The molecule has 2 aromatic rings. The van der Waals surface area contributed by atoms with Gasteiger partial charge in [-0.3, -0.25) is 4.68 Å². The maximum atomic E-state index is 9.25. The molecule has 0 saturated carbocycles. The number of anilines is 1. The number of aryl methyl sites for hydroxylation is 2. The van der Waals surface area contributed by atoms with Crippen LogP contribution >= 0.6 is 0 Å². The summed E-state index contributed by atoms with van der Waals surface area (Å²) in [4.78, 5) is 6.50. The number of aromatic nitrogens is 4.